The van der Waals surface area contributed by atoms with Crippen molar-refractivity contribution in [3.05, 3.63) is 76.5 Å². The molecule has 5 nitrogen and oxygen atoms in total. The van der Waals surface area contributed by atoms with Crippen molar-refractivity contribution in [3.63, 3.8) is 0 Å². The van der Waals surface area contributed by atoms with Gasteiger partial charge in [-0.05, 0) is 23.8 Å². The number of carbonyl (C=O) groups is 1. The molecule has 6 heteroatoms. The molecule has 1 heterocycles. The summed E-state index contributed by atoms with van der Waals surface area (Å²) in [5.41, 5.74) is 1.66. The third-order valence-electron chi connectivity index (χ3n) is 4.08. The van der Waals surface area contributed by atoms with E-state index in [1.54, 1.807) is 30.3 Å². The van der Waals surface area contributed by atoms with Gasteiger partial charge in [0.1, 0.15) is 11.3 Å². The third-order valence-corrected chi connectivity index (χ3v) is 4.08. The summed E-state index contributed by atoms with van der Waals surface area (Å²) in [7, 11) is 0. The van der Waals surface area contributed by atoms with Crippen molar-refractivity contribution in [2.45, 2.75) is 0 Å². The summed E-state index contributed by atoms with van der Waals surface area (Å²) in [4.78, 5) is 23.2. The monoisotopic (exact) mass is 532 g/mol. The van der Waals surface area contributed by atoms with Gasteiger partial charge in [0.25, 0.3) is 0 Å². The molecule has 0 bridgehead atoms. The minimum absolute atomic E-state index is 0. The summed E-state index contributed by atoms with van der Waals surface area (Å²) >= 11 is 0. The number of carbonyl (C=O) groups excluding carboxylic acids is 1. The molecule has 0 saturated carbocycles. The number of hydrogen-bond acceptors (Lipinski definition) is 5. The van der Waals surface area contributed by atoms with Gasteiger partial charge in [0.2, 0.25) is 0 Å². The normalized spacial score (nSPS) is 10.6. The zero-order valence-electron chi connectivity index (χ0n) is 13.5. The van der Waals surface area contributed by atoms with Crippen molar-refractivity contribution in [2.24, 2.45) is 0 Å². The second-order valence-corrected chi connectivity index (χ2v) is 5.63. The Morgan fingerprint density at radius 1 is 0.923 bits per heavy atom. The number of aromatic carboxylic acids is 1. The van der Waals surface area contributed by atoms with E-state index in [1.807, 2.05) is 0 Å². The minimum atomic E-state index is -1.31. The number of carboxylic acids is 1. The van der Waals surface area contributed by atoms with E-state index in [0.29, 0.717) is 22.1 Å². The number of carboxylic acid groups (broad SMARTS) is 1. The predicted molar refractivity (Wildman–Crippen MR) is 88.3 cm³/mol. The van der Waals surface area contributed by atoms with Gasteiger partial charge in [0.05, 0.1) is 5.97 Å². The van der Waals surface area contributed by atoms with Crippen molar-refractivity contribution in [1.29, 1.82) is 0 Å². The second kappa shape index (κ2) is 6.92. The Hall–Kier alpha value is -2.66. The van der Waals surface area contributed by atoms with E-state index in [9.17, 15) is 19.8 Å². The fraction of sp³-hybridized carbons (Fsp3) is 0. The SMILES string of the molecule is O=C([O-])c1ccccc1-c1c2ccc(=O)cc-2oc2cc([O-])ccc12.[Hg+2]. The van der Waals surface area contributed by atoms with E-state index in [4.69, 9.17) is 4.42 Å². The summed E-state index contributed by atoms with van der Waals surface area (Å²) in [6.45, 7) is 0. The zero-order valence-corrected chi connectivity index (χ0v) is 19.0. The molecule has 1 aliphatic heterocycles. The fourth-order valence-electron chi connectivity index (χ4n) is 3.02. The molecule has 1 aliphatic carbocycles. The van der Waals surface area contributed by atoms with Gasteiger partial charge in [0.15, 0.2) is 5.43 Å². The van der Waals surface area contributed by atoms with Crippen LogP contribution in [-0.2, 0) is 27.7 Å². The van der Waals surface area contributed by atoms with Crippen molar-refractivity contribution in [2.75, 3.05) is 0 Å². The Labute approximate surface area is 168 Å². The van der Waals surface area contributed by atoms with E-state index in [2.05, 4.69) is 0 Å². The van der Waals surface area contributed by atoms with E-state index in [-0.39, 0.29) is 55.8 Å². The Morgan fingerprint density at radius 3 is 2.46 bits per heavy atom. The fourth-order valence-corrected chi connectivity index (χ4v) is 3.02. The Balaban J connectivity index is 0.00000196. The van der Waals surface area contributed by atoms with Crippen LogP contribution in [0.1, 0.15) is 10.4 Å². The molecular formula is C20H10HgO5. The minimum Gasteiger partial charge on any atom is -0.872 e. The Kier molecular flexibility index (Phi) is 4.83. The molecule has 0 radical (unpaired) electrons. The van der Waals surface area contributed by atoms with Gasteiger partial charge in [-0.2, -0.15) is 0 Å². The van der Waals surface area contributed by atoms with Crippen LogP contribution in [0.3, 0.4) is 0 Å². The largest absolute Gasteiger partial charge is 2.00 e. The van der Waals surface area contributed by atoms with Crippen molar-refractivity contribution in [3.8, 4) is 28.2 Å². The van der Waals surface area contributed by atoms with Crippen LogP contribution < -0.4 is 15.6 Å². The van der Waals surface area contributed by atoms with Gasteiger partial charge in [-0.1, -0.05) is 36.4 Å². The van der Waals surface area contributed by atoms with E-state index >= 15 is 0 Å². The molecule has 2 aromatic carbocycles. The molecular weight excluding hydrogens is 521 g/mol. The van der Waals surface area contributed by atoms with Crippen LogP contribution in [0.15, 0.2) is 69.9 Å². The first-order valence-corrected chi connectivity index (χ1v) is 7.53. The molecule has 4 rings (SSSR count). The van der Waals surface area contributed by atoms with Gasteiger partial charge >= 0.3 is 27.7 Å². The second-order valence-electron chi connectivity index (χ2n) is 5.63. The van der Waals surface area contributed by atoms with Crippen LogP contribution >= 0.6 is 0 Å². The maximum Gasteiger partial charge on any atom is 2.00 e. The van der Waals surface area contributed by atoms with E-state index in [0.717, 1.165) is 0 Å². The summed E-state index contributed by atoms with van der Waals surface area (Å²) in [6.07, 6.45) is 0. The molecule has 122 valence electrons. The first-order valence-electron chi connectivity index (χ1n) is 7.53. The Bertz CT molecular complexity index is 1160. The average Bonchev–Trinajstić information content (AvgIpc) is 2.59. The molecule has 0 amide bonds. The van der Waals surface area contributed by atoms with Crippen LogP contribution in [0, 0.1) is 0 Å². The van der Waals surface area contributed by atoms with Gasteiger partial charge in [-0.25, -0.2) is 0 Å². The molecule has 0 aromatic heterocycles. The molecule has 2 aromatic rings. The first kappa shape index (κ1) is 18.1. The molecule has 0 spiro atoms. The number of rotatable bonds is 2. The molecule has 2 aliphatic rings. The maximum atomic E-state index is 11.7. The van der Waals surface area contributed by atoms with Crippen molar-refractivity contribution in [1.82, 2.24) is 0 Å². The van der Waals surface area contributed by atoms with E-state index < -0.39 is 5.97 Å². The van der Waals surface area contributed by atoms with Crippen LogP contribution in [0.5, 0.6) is 5.75 Å². The smallest absolute Gasteiger partial charge is 0.872 e. The Morgan fingerprint density at radius 2 is 1.69 bits per heavy atom. The van der Waals surface area contributed by atoms with Crippen LogP contribution in [-0.4, -0.2) is 5.97 Å². The topological polar surface area (TPSA) is 93.4 Å². The summed E-state index contributed by atoms with van der Waals surface area (Å²) in [6, 6.07) is 15.0. The van der Waals surface area contributed by atoms with Gasteiger partial charge in [0, 0.05) is 28.1 Å². The van der Waals surface area contributed by atoms with Gasteiger partial charge < -0.3 is 19.4 Å². The molecule has 0 saturated heterocycles. The molecule has 0 fully saturated rings. The van der Waals surface area contributed by atoms with Crippen LogP contribution in [0.2, 0.25) is 0 Å². The third kappa shape index (κ3) is 2.99. The number of fused-ring (bicyclic) bond motifs is 2. The first-order chi connectivity index (χ1) is 12.0. The molecule has 0 N–H and O–H groups in total. The quantitative estimate of drug-likeness (QED) is 0.292. The summed E-state index contributed by atoms with van der Waals surface area (Å²) in [5, 5.41) is 23.8. The summed E-state index contributed by atoms with van der Waals surface area (Å²) in [5.74, 6) is -1.26. The van der Waals surface area contributed by atoms with Crippen molar-refractivity contribution < 1.29 is 47.1 Å². The maximum absolute atomic E-state index is 11.7. The van der Waals surface area contributed by atoms with Crippen LogP contribution in [0.25, 0.3) is 33.4 Å². The number of benzene rings is 3. The van der Waals surface area contributed by atoms with E-state index in [1.165, 1.54) is 30.3 Å². The zero-order chi connectivity index (χ0) is 17.6. The average molecular weight is 531 g/mol. The van der Waals surface area contributed by atoms with Crippen molar-refractivity contribution >= 4 is 16.9 Å². The standard InChI is InChI=1S/C20H12O5.Hg/c21-11-5-7-15-17(9-11)25-18-10-12(22)6-8-16(18)19(15)13-3-1-2-4-14(13)20(23)24;/h1-10,21H,(H,23,24);/q;+2/p-2. The molecule has 0 unspecified atom stereocenters. The molecule has 0 atom stereocenters. The van der Waals surface area contributed by atoms with Crippen LogP contribution in [0.4, 0.5) is 0 Å². The summed E-state index contributed by atoms with van der Waals surface area (Å²) < 4.78 is 5.71. The predicted octanol–water partition coefficient (Wildman–Crippen LogP) is 2.00. The number of hydrogen-bond donors (Lipinski definition) is 0. The molecule has 26 heavy (non-hydrogen) atoms. The van der Waals surface area contributed by atoms with Gasteiger partial charge in [-0.3, -0.25) is 4.79 Å². The van der Waals surface area contributed by atoms with Gasteiger partial charge in [-0.15, -0.1) is 5.75 Å².